The molecule has 0 unspecified atom stereocenters. The Morgan fingerprint density at radius 3 is 2.45 bits per heavy atom. The predicted octanol–water partition coefficient (Wildman–Crippen LogP) is 2.49. The molecule has 0 saturated heterocycles. The summed E-state index contributed by atoms with van der Waals surface area (Å²) in [4.78, 5) is 10.6. The standard InChI is InChI=1S/C8H13ClO2/c1-6(2)7(8(10)11)4-3-5-9/h3,5-7H,4H2,1-2H3,(H,10,11)/t7-/m0/s1. The molecule has 0 aliphatic rings. The number of aliphatic carboxylic acids is 1. The predicted molar refractivity (Wildman–Crippen MR) is 45.6 cm³/mol. The minimum absolute atomic E-state index is 0.153. The normalized spacial score (nSPS) is 14.2. The van der Waals surface area contributed by atoms with Gasteiger partial charge in [0.05, 0.1) is 5.92 Å². The second-order valence-corrected chi connectivity index (χ2v) is 3.04. The van der Waals surface area contributed by atoms with Crippen LogP contribution < -0.4 is 0 Å². The Kier molecular flexibility index (Phi) is 4.95. The first-order valence-corrected chi connectivity index (χ1v) is 4.01. The number of hydrogen-bond acceptors (Lipinski definition) is 1. The average molecular weight is 177 g/mol. The average Bonchev–Trinajstić information content (AvgIpc) is 1.87. The fourth-order valence-corrected chi connectivity index (χ4v) is 0.959. The number of carboxylic acids is 1. The van der Waals surface area contributed by atoms with Crippen molar-refractivity contribution in [2.75, 3.05) is 0 Å². The van der Waals surface area contributed by atoms with E-state index in [4.69, 9.17) is 16.7 Å². The van der Waals surface area contributed by atoms with Gasteiger partial charge in [0.15, 0.2) is 0 Å². The summed E-state index contributed by atoms with van der Waals surface area (Å²) in [6, 6.07) is 0. The van der Waals surface area contributed by atoms with Gasteiger partial charge in [-0.25, -0.2) is 0 Å². The zero-order valence-electron chi connectivity index (χ0n) is 6.75. The molecule has 0 saturated carbocycles. The Balaban J connectivity index is 4.00. The van der Waals surface area contributed by atoms with Gasteiger partial charge in [-0.3, -0.25) is 4.79 Å². The zero-order valence-corrected chi connectivity index (χ0v) is 7.51. The highest BCUT2D eigenvalue weighted by atomic mass is 35.5. The summed E-state index contributed by atoms with van der Waals surface area (Å²) >= 11 is 5.28. The van der Waals surface area contributed by atoms with Gasteiger partial charge < -0.3 is 5.11 Å². The van der Waals surface area contributed by atoms with Crippen LogP contribution >= 0.6 is 11.6 Å². The van der Waals surface area contributed by atoms with E-state index < -0.39 is 5.97 Å². The molecular formula is C8H13ClO2. The van der Waals surface area contributed by atoms with Crippen LogP contribution in [0.2, 0.25) is 0 Å². The minimum atomic E-state index is -0.755. The van der Waals surface area contributed by atoms with E-state index in [1.54, 1.807) is 6.08 Å². The summed E-state index contributed by atoms with van der Waals surface area (Å²) in [7, 11) is 0. The number of hydrogen-bond donors (Lipinski definition) is 1. The lowest BCUT2D eigenvalue weighted by Crippen LogP contribution is -2.18. The van der Waals surface area contributed by atoms with Crippen molar-refractivity contribution in [2.45, 2.75) is 20.3 Å². The first-order chi connectivity index (χ1) is 5.09. The molecule has 0 fully saturated rings. The summed E-state index contributed by atoms with van der Waals surface area (Å²) < 4.78 is 0. The van der Waals surface area contributed by atoms with Crippen molar-refractivity contribution in [3.8, 4) is 0 Å². The fourth-order valence-electron chi connectivity index (χ4n) is 0.856. The Labute approximate surface area is 71.9 Å². The van der Waals surface area contributed by atoms with E-state index >= 15 is 0 Å². The zero-order chi connectivity index (χ0) is 8.85. The maximum Gasteiger partial charge on any atom is 0.307 e. The van der Waals surface area contributed by atoms with Crippen LogP contribution in [0.5, 0.6) is 0 Å². The van der Waals surface area contributed by atoms with Gasteiger partial charge in [0.1, 0.15) is 0 Å². The van der Waals surface area contributed by atoms with Crippen molar-refractivity contribution in [3.05, 3.63) is 11.6 Å². The fraction of sp³-hybridized carbons (Fsp3) is 0.625. The molecule has 64 valence electrons. The quantitative estimate of drug-likeness (QED) is 0.715. The van der Waals surface area contributed by atoms with Gasteiger partial charge in [0.2, 0.25) is 0 Å². The van der Waals surface area contributed by atoms with E-state index in [9.17, 15) is 4.79 Å². The summed E-state index contributed by atoms with van der Waals surface area (Å²) in [5.41, 5.74) is 1.36. The Hall–Kier alpha value is -0.500. The summed E-state index contributed by atoms with van der Waals surface area (Å²) in [5, 5.41) is 8.69. The van der Waals surface area contributed by atoms with Crippen molar-refractivity contribution >= 4 is 17.6 Å². The molecule has 0 aromatic heterocycles. The highest BCUT2D eigenvalue weighted by Crippen LogP contribution is 2.15. The van der Waals surface area contributed by atoms with Crippen LogP contribution in [0.1, 0.15) is 20.3 Å². The maximum absolute atomic E-state index is 10.6. The van der Waals surface area contributed by atoms with Crippen LogP contribution in [0.15, 0.2) is 11.6 Å². The second-order valence-electron chi connectivity index (χ2n) is 2.79. The van der Waals surface area contributed by atoms with Crippen LogP contribution in [0.4, 0.5) is 0 Å². The third-order valence-corrected chi connectivity index (χ3v) is 1.78. The van der Waals surface area contributed by atoms with E-state index in [1.165, 1.54) is 5.54 Å². The van der Waals surface area contributed by atoms with Gasteiger partial charge >= 0.3 is 5.97 Å². The second kappa shape index (κ2) is 5.19. The Morgan fingerprint density at radius 1 is 1.64 bits per heavy atom. The van der Waals surface area contributed by atoms with Crippen molar-refractivity contribution in [1.82, 2.24) is 0 Å². The van der Waals surface area contributed by atoms with Crippen molar-refractivity contribution in [3.63, 3.8) is 0 Å². The Morgan fingerprint density at radius 2 is 2.18 bits per heavy atom. The first-order valence-electron chi connectivity index (χ1n) is 3.57. The Bertz CT molecular complexity index is 152. The largest absolute Gasteiger partial charge is 0.481 e. The van der Waals surface area contributed by atoms with E-state index in [0.29, 0.717) is 6.42 Å². The number of carbonyl (C=O) groups is 1. The minimum Gasteiger partial charge on any atom is -0.481 e. The van der Waals surface area contributed by atoms with E-state index in [0.717, 1.165) is 0 Å². The molecule has 3 heteroatoms. The lowest BCUT2D eigenvalue weighted by atomic mass is 9.93. The molecule has 0 spiro atoms. The number of rotatable bonds is 4. The topological polar surface area (TPSA) is 37.3 Å². The molecule has 0 amide bonds. The number of allylic oxidation sites excluding steroid dienone is 1. The molecule has 0 bridgehead atoms. The van der Waals surface area contributed by atoms with Crippen LogP contribution in [-0.2, 0) is 4.79 Å². The van der Waals surface area contributed by atoms with Gasteiger partial charge in [0, 0.05) is 5.54 Å². The monoisotopic (exact) mass is 176 g/mol. The molecule has 0 rings (SSSR count). The summed E-state index contributed by atoms with van der Waals surface area (Å²) in [6.45, 7) is 3.78. The highest BCUT2D eigenvalue weighted by molar-refractivity contribution is 6.25. The molecule has 0 aliphatic carbocycles. The van der Waals surface area contributed by atoms with Gasteiger partial charge in [-0.1, -0.05) is 31.5 Å². The van der Waals surface area contributed by atoms with Gasteiger partial charge in [0.25, 0.3) is 0 Å². The number of carboxylic acid groups (broad SMARTS) is 1. The SMILES string of the molecule is CC(C)[C@H](CC=CCl)C(=O)O. The highest BCUT2D eigenvalue weighted by Gasteiger charge is 2.19. The number of halogens is 1. The summed E-state index contributed by atoms with van der Waals surface area (Å²) in [6.07, 6.45) is 2.18. The molecule has 1 atom stereocenters. The first kappa shape index (κ1) is 10.5. The van der Waals surface area contributed by atoms with Crippen LogP contribution in [-0.4, -0.2) is 11.1 Å². The molecule has 0 radical (unpaired) electrons. The molecule has 0 aliphatic heterocycles. The molecule has 0 heterocycles. The molecule has 2 nitrogen and oxygen atoms in total. The lowest BCUT2D eigenvalue weighted by Gasteiger charge is -2.12. The lowest BCUT2D eigenvalue weighted by molar-refractivity contribution is -0.143. The van der Waals surface area contributed by atoms with Gasteiger partial charge in [-0.15, -0.1) is 0 Å². The molecule has 11 heavy (non-hydrogen) atoms. The van der Waals surface area contributed by atoms with E-state index in [2.05, 4.69) is 0 Å². The van der Waals surface area contributed by atoms with Gasteiger partial charge in [-0.05, 0) is 12.3 Å². The molecule has 0 aromatic rings. The molecule has 1 N–H and O–H groups in total. The third kappa shape index (κ3) is 4.04. The third-order valence-electron chi connectivity index (χ3n) is 1.60. The maximum atomic E-state index is 10.6. The smallest absolute Gasteiger partial charge is 0.307 e. The van der Waals surface area contributed by atoms with Crippen LogP contribution in [0.25, 0.3) is 0 Å². The van der Waals surface area contributed by atoms with Gasteiger partial charge in [-0.2, -0.15) is 0 Å². The van der Waals surface area contributed by atoms with E-state index in [-0.39, 0.29) is 11.8 Å². The molecule has 0 aromatic carbocycles. The molecular weight excluding hydrogens is 164 g/mol. The van der Waals surface area contributed by atoms with Crippen molar-refractivity contribution in [2.24, 2.45) is 11.8 Å². The summed E-state index contributed by atoms with van der Waals surface area (Å²) in [5.74, 6) is -0.917. The van der Waals surface area contributed by atoms with Crippen molar-refractivity contribution in [1.29, 1.82) is 0 Å². The van der Waals surface area contributed by atoms with Crippen LogP contribution in [0.3, 0.4) is 0 Å². The van der Waals surface area contributed by atoms with Crippen LogP contribution in [0, 0.1) is 11.8 Å². The van der Waals surface area contributed by atoms with E-state index in [1.807, 2.05) is 13.8 Å². The van der Waals surface area contributed by atoms with Crippen molar-refractivity contribution < 1.29 is 9.90 Å².